The number of hydrogen-bond donors (Lipinski definition) is 1. The van der Waals surface area contributed by atoms with E-state index in [9.17, 15) is 18.0 Å². The lowest BCUT2D eigenvalue weighted by Crippen LogP contribution is -2.36. The summed E-state index contributed by atoms with van der Waals surface area (Å²) < 4.78 is 34.0. The number of aromatic nitrogens is 1. The summed E-state index contributed by atoms with van der Waals surface area (Å²) in [6, 6.07) is 16.8. The average Bonchev–Trinajstić information content (AvgIpc) is 2.81. The first-order valence-corrected chi connectivity index (χ1v) is 12.1. The second-order valence-corrected chi connectivity index (χ2v) is 9.54. The number of sulfonamides is 1. The second kappa shape index (κ2) is 9.21. The highest BCUT2D eigenvalue weighted by Crippen LogP contribution is 2.42. The Labute approximate surface area is 192 Å². The zero-order chi connectivity index (χ0) is 23.6. The van der Waals surface area contributed by atoms with Gasteiger partial charge in [-0.1, -0.05) is 50.2 Å². The van der Waals surface area contributed by atoms with Crippen LogP contribution in [0.25, 0.3) is 0 Å². The Morgan fingerprint density at radius 1 is 0.970 bits per heavy atom. The predicted molar refractivity (Wildman–Crippen MR) is 124 cm³/mol. The highest BCUT2D eigenvalue weighted by molar-refractivity contribution is 7.89. The fraction of sp³-hybridized carbons (Fsp3) is 0.250. The molecule has 0 unspecified atom stereocenters. The quantitative estimate of drug-likeness (QED) is 0.576. The number of hydrogen-bond acceptors (Lipinski definition) is 5. The van der Waals surface area contributed by atoms with E-state index in [-0.39, 0.29) is 11.4 Å². The predicted octanol–water partition coefficient (Wildman–Crippen LogP) is 2.89. The summed E-state index contributed by atoms with van der Waals surface area (Å²) in [7, 11) is -3.76. The van der Waals surface area contributed by atoms with Crippen LogP contribution >= 0.6 is 0 Å². The number of amides is 1. The van der Waals surface area contributed by atoms with Gasteiger partial charge in [0.1, 0.15) is 18.0 Å². The first kappa shape index (κ1) is 22.8. The van der Waals surface area contributed by atoms with Gasteiger partial charge < -0.3 is 14.6 Å². The Morgan fingerprint density at radius 3 is 2.12 bits per heavy atom. The van der Waals surface area contributed by atoms with Gasteiger partial charge in [-0.15, -0.1) is 0 Å². The number of nitrogens with zero attached hydrogens (tertiary/aromatic N) is 2. The van der Waals surface area contributed by atoms with E-state index >= 15 is 0 Å². The number of carbonyl (C=O) groups is 1. The molecule has 2 heterocycles. The van der Waals surface area contributed by atoms with Crippen molar-refractivity contribution in [1.82, 2.24) is 14.2 Å². The van der Waals surface area contributed by atoms with E-state index in [0.29, 0.717) is 24.6 Å². The van der Waals surface area contributed by atoms with Crippen LogP contribution < -0.4 is 15.6 Å². The molecule has 9 heteroatoms. The summed E-state index contributed by atoms with van der Waals surface area (Å²) >= 11 is 0. The minimum absolute atomic E-state index is 0.0274. The molecule has 0 bridgehead atoms. The molecule has 1 amide bonds. The molecule has 0 saturated heterocycles. The lowest BCUT2D eigenvalue weighted by Gasteiger charge is -2.29. The van der Waals surface area contributed by atoms with Crippen molar-refractivity contribution in [3.8, 4) is 11.5 Å². The van der Waals surface area contributed by atoms with E-state index in [1.807, 2.05) is 48.5 Å². The Balaban J connectivity index is 1.62. The standard InChI is InChI=1S/C24H25N3O5S/c1-3-27(4-2)33(30,31)17-13-14-23(29)26(15-17)16-22(28)25-24-18-9-5-7-11-20(18)32-21-12-8-6-10-19(21)24/h5-15,24H,3-4,16H2,1-2H3,(H,25,28). The number of rotatable bonds is 7. The molecule has 4 rings (SSSR count). The molecule has 3 aromatic rings. The smallest absolute Gasteiger partial charge is 0.251 e. The molecular formula is C24H25N3O5S. The zero-order valence-electron chi connectivity index (χ0n) is 18.4. The molecule has 0 fully saturated rings. The number of pyridine rings is 1. The van der Waals surface area contributed by atoms with E-state index in [2.05, 4.69) is 5.32 Å². The maximum Gasteiger partial charge on any atom is 0.251 e. The molecule has 8 nitrogen and oxygen atoms in total. The van der Waals surface area contributed by atoms with Crippen molar-refractivity contribution >= 4 is 15.9 Å². The van der Waals surface area contributed by atoms with Gasteiger partial charge in [-0.25, -0.2) is 8.42 Å². The molecule has 0 spiro atoms. The van der Waals surface area contributed by atoms with Crippen molar-refractivity contribution in [3.63, 3.8) is 0 Å². The zero-order valence-corrected chi connectivity index (χ0v) is 19.2. The summed E-state index contributed by atoms with van der Waals surface area (Å²) in [5.74, 6) is 0.864. The first-order chi connectivity index (χ1) is 15.8. The topological polar surface area (TPSA) is 97.7 Å². The van der Waals surface area contributed by atoms with Crippen LogP contribution in [0.2, 0.25) is 0 Å². The van der Waals surface area contributed by atoms with Gasteiger partial charge in [-0.3, -0.25) is 9.59 Å². The van der Waals surface area contributed by atoms with Gasteiger partial charge in [0.2, 0.25) is 15.9 Å². The van der Waals surface area contributed by atoms with Crippen LogP contribution in [-0.2, 0) is 21.4 Å². The number of benzene rings is 2. The van der Waals surface area contributed by atoms with Crippen molar-refractivity contribution in [2.45, 2.75) is 31.3 Å². The summed E-state index contributed by atoms with van der Waals surface area (Å²) in [6.45, 7) is 3.78. The lowest BCUT2D eigenvalue weighted by molar-refractivity contribution is -0.122. The van der Waals surface area contributed by atoms with Crippen molar-refractivity contribution < 1.29 is 17.9 Å². The minimum atomic E-state index is -3.76. The second-order valence-electron chi connectivity index (χ2n) is 7.60. The van der Waals surface area contributed by atoms with Crippen molar-refractivity contribution in [3.05, 3.63) is 88.3 Å². The van der Waals surface area contributed by atoms with Crippen LogP contribution in [0.5, 0.6) is 11.5 Å². The molecule has 1 aliphatic rings. The van der Waals surface area contributed by atoms with Crippen LogP contribution in [0.15, 0.2) is 76.6 Å². The van der Waals surface area contributed by atoms with Crippen LogP contribution in [0.3, 0.4) is 0 Å². The van der Waals surface area contributed by atoms with Gasteiger partial charge in [0, 0.05) is 36.5 Å². The van der Waals surface area contributed by atoms with E-state index in [0.717, 1.165) is 15.7 Å². The summed E-state index contributed by atoms with van der Waals surface area (Å²) in [4.78, 5) is 25.3. The third-order valence-electron chi connectivity index (χ3n) is 5.60. The summed E-state index contributed by atoms with van der Waals surface area (Å²) in [5, 5.41) is 2.97. The molecule has 0 radical (unpaired) electrons. The molecule has 2 aromatic carbocycles. The fourth-order valence-corrected chi connectivity index (χ4v) is 5.40. The fourth-order valence-electron chi connectivity index (χ4n) is 3.92. The van der Waals surface area contributed by atoms with E-state index in [1.54, 1.807) is 13.8 Å². The van der Waals surface area contributed by atoms with Gasteiger partial charge in [0.05, 0.1) is 10.9 Å². The molecule has 33 heavy (non-hydrogen) atoms. The van der Waals surface area contributed by atoms with Crippen LogP contribution in [-0.4, -0.2) is 36.3 Å². The maximum atomic E-state index is 13.0. The molecule has 1 aromatic heterocycles. The maximum absolute atomic E-state index is 13.0. The monoisotopic (exact) mass is 467 g/mol. The normalized spacial score (nSPS) is 13.2. The van der Waals surface area contributed by atoms with E-state index in [1.165, 1.54) is 22.6 Å². The average molecular weight is 468 g/mol. The molecule has 1 aliphatic heterocycles. The molecular weight excluding hydrogens is 442 g/mol. The van der Waals surface area contributed by atoms with Gasteiger partial charge in [-0.05, 0) is 18.2 Å². The Bertz CT molecular complexity index is 1300. The number of ether oxygens (including phenoxy) is 1. The minimum Gasteiger partial charge on any atom is -0.457 e. The van der Waals surface area contributed by atoms with Crippen LogP contribution in [0.4, 0.5) is 0 Å². The van der Waals surface area contributed by atoms with Gasteiger partial charge in [0.15, 0.2) is 0 Å². The van der Waals surface area contributed by atoms with Gasteiger partial charge in [-0.2, -0.15) is 4.31 Å². The Hall–Kier alpha value is -3.43. The SMILES string of the molecule is CCN(CC)S(=O)(=O)c1ccc(=O)n(CC(=O)NC2c3ccccc3Oc3ccccc32)c1. The van der Waals surface area contributed by atoms with Gasteiger partial charge in [0.25, 0.3) is 5.56 Å². The lowest BCUT2D eigenvalue weighted by atomic mass is 9.94. The molecule has 172 valence electrons. The summed E-state index contributed by atoms with van der Waals surface area (Å²) in [6.07, 6.45) is 1.22. The number of fused-ring (bicyclic) bond motifs is 2. The van der Waals surface area contributed by atoms with E-state index in [4.69, 9.17) is 4.74 Å². The number of para-hydroxylation sites is 2. The molecule has 1 N–H and O–H groups in total. The van der Waals surface area contributed by atoms with Crippen LogP contribution in [0.1, 0.15) is 31.0 Å². The molecule has 0 aliphatic carbocycles. The molecule has 0 atom stereocenters. The van der Waals surface area contributed by atoms with Crippen molar-refractivity contribution in [2.75, 3.05) is 13.1 Å². The molecule has 0 saturated carbocycles. The largest absolute Gasteiger partial charge is 0.457 e. The third-order valence-corrected chi connectivity index (χ3v) is 7.63. The first-order valence-electron chi connectivity index (χ1n) is 10.7. The highest BCUT2D eigenvalue weighted by atomic mass is 32.2. The Morgan fingerprint density at radius 2 is 1.55 bits per heavy atom. The van der Waals surface area contributed by atoms with Crippen LogP contribution in [0, 0.1) is 0 Å². The number of carbonyl (C=O) groups excluding carboxylic acids is 1. The van der Waals surface area contributed by atoms with Crippen molar-refractivity contribution in [1.29, 1.82) is 0 Å². The number of nitrogens with one attached hydrogen (secondary N) is 1. The summed E-state index contributed by atoms with van der Waals surface area (Å²) in [5.41, 5.74) is 1.14. The third kappa shape index (κ3) is 4.42. The highest BCUT2D eigenvalue weighted by Gasteiger charge is 2.28. The van der Waals surface area contributed by atoms with Crippen molar-refractivity contribution in [2.24, 2.45) is 0 Å². The van der Waals surface area contributed by atoms with Gasteiger partial charge >= 0.3 is 0 Å². The van der Waals surface area contributed by atoms with E-state index < -0.39 is 27.5 Å². The Kier molecular flexibility index (Phi) is 6.35.